The highest BCUT2D eigenvalue weighted by atomic mass is 35.5. The highest BCUT2D eigenvalue weighted by molar-refractivity contribution is 6.30. The third-order valence-corrected chi connectivity index (χ3v) is 3.75. The van der Waals surface area contributed by atoms with Gasteiger partial charge < -0.3 is 15.4 Å². The number of anilines is 1. The van der Waals surface area contributed by atoms with Gasteiger partial charge in [0.15, 0.2) is 0 Å². The molecule has 0 aliphatic carbocycles. The quantitative estimate of drug-likeness (QED) is 0.757. The molecule has 25 heavy (non-hydrogen) atoms. The van der Waals surface area contributed by atoms with Crippen molar-refractivity contribution in [1.29, 1.82) is 0 Å². The second-order valence-corrected chi connectivity index (χ2v) is 6.44. The SMILES string of the molecule is CC(C)Oc1ccc(NCC(=O)NC(C)c2ccc(Cl)cc2)c(F)c1. The summed E-state index contributed by atoms with van der Waals surface area (Å²) in [6.45, 7) is 5.59. The van der Waals surface area contributed by atoms with Gasteiger partial charge >= 0.3 is 0 Å². The lowest BCUT2D eigenvalue weighted by Crippen LogP contribution is -2.32. The molecule has 6 heteroatoms. The fourth-order valence-corrected chi connectivity index (χ4v) is 2.41. The number of ether oxygens (including phenoxy) is 1. The number of hydrogen-bond donors (Lipinski definition) is 2. The average Bonchev–Trinajstić information content (AvgIpc) is 2.54. The molecule has 0 fully saturated rings. The molecular weight excluding hydrogens is 343 g/mol. The molecule has 0 aliphatic rings. The van der Waals surface area contributed by atoms with E-state index < -0.39 is 5.82 Å². The van der Waals surface area contributed by atoms with Crippen LogP contribution in [0.2, 0.25) is 5.02 Å². The van der Waals surface area contributed by atoms with Gasteiger partial charge in [0.25, 0.3) is 0 Å². The minimum atomic E-state index is -0.461. The summed E-state index contributed by atoms with van der Waals surface area (Å²) >= 11 is 5.85. The van der Waals surface area contributed by atoms with Crippen LogP contribution in [0.15, 0.2) is 42.5 Å². The van der Waals surface area contributed by atoms with Gasteiger partial charge in [-0.2, -0.15) is 0 Å². The highest BCUT2D eigenvalue weighted by Gasteiger charge is 2.11. The van der Waals surface area contributed by atoms with Gasteiger partial charge in [0.05, 0.1) is 24.4 Å². The molecule has 1 atom stereocenters. The van der Waals surface area contributed by atoms with Crippen molar-refractivity contribution in [2.45, 2.75) is 32.9 Å². The van der Waals surface area contributed by atoms with Crippen LogP contribution in [0.25, 0.3) is 0 Å². The second kappa shape index (κ2) is 8.72. The van der Waals surface area contributed by atoms with Crippen LogP contribution in [0.1, 0.15) is 32.4 Å². The van der Waals surface area contributed by atoms with Crippen molar-refractivity contribution in [3.8, 4) is 5.75 Å². The molecule has 2 aromatic carbocycles. The zero-order chi connectivity index (χ0) is 18.4. The Labute approximate surface area is 152 Å². The van der Waals surface area contributed by atoms with Crippen molar-refractivity contribution in [2.24, 2.45) is 0 Å². The maximum absolute atomic E-state index is 14.0. The smallest absolute Gasteiger partial charge is 0.239 e. The van der Waals surface area contributed by atoms with Crippen LogP contribution in [0, 0.1) is 5.82 Å². The number of carbonyl (C=O) groups excluding carboxylic acids is 1. The van der Waals surface area contributed by atoms with Gasteiger partial charge in [-0.25, -0.2) is 4.39 Å². The fraction of sp³-hybridized carbons (Fsp3) is 0.316. The molecule has 2 aromatic rings. The third kappa shape index (κ3) is 5.94. The van der Waals surface area contributed by atoms with Crippen molar-refractivity contribution < 1.29 is 13.9 Å². The predicted molar refractivity (Wildman–Crippen MR) is 98.7 cm³/mol. The van der Waals surface area contributed by atoms with Crippen molar-refractivity contribution in [1.82, 2.24) is 5.32 Å². The predicted octanol–water partition coefficient (Wildman–Crippen LogP) is 4.56. The van der Waals surface area contributed by atoms with E-state index in [1.54, 1.807) is 24.3 Å². The molecule has 0 aromatic heterocycles. The molecule has 1 unspecified atom stereocenters. The number of hydrogen-bond acceptors (Lipinski definition) is 3. The Morgan fingerprint density at radius 2 is 1.84 bits per heavy atom. The van der Waals surface area contributed by atoms with E-state index in [0.717, 1.165) is 5.56 Å². The summed E-state index contributed by atoms with van der Waals surface area (Å²) in [5.41, 5.74) is 1.20. The van der Waals surface area contributed by atoms with Crippen molar-refractivity contribution in [2.75, 3.05) is 11.9 Å². The number of rotatable bonds is 7. The number of benzene rings is 2. The van der Waals surface area contributed by atoms with Crippen molar-refractivity contribution >= 4 is 23.2 Å². The minimum absolute atomic E-state index is 0.0285. The first-order valence-corrected chi connectivity index (χ1v) is 8.48. The number of halogens is 2. The van der Waals surface area contributed by atoms with Crippen LogP contribution < -0.4 is 15.4 Å². The summed E-state index contributed by atoms with van der Waals surface area (Å²) in [5, 5.41) is 6.29. The molecule has 0 bridgehead atoms. The maximum Gasteiger partial charge on any atom is 0.239 e. The first kappa shape index (κ1) is 19.1. The summed E-state index contributed by atoms with van der Waals surface area (Å²) in [6.07, 6.45) is -0.0293. The Bertz CT molecular complexity index is 720. The molecule has 0 spiro atoms. The molecule has 0 aliphatic heterocycles. The Hall–Kier alpha value is -2.27. The normalized spacial score (nSPS) is 11.9. The fourth-order valence-electron chi connectivity index (χ4n) is 2.29. The lowest BCUT2D eigenvalue weighted by molar-refractivity contribution is -0.120. The lowest BCUT2D eigenvalue weighted by Gasteiger charge is -2.16. The largest absolute Gasteiger partial charge is 0.491 e. The summed E-state index contributed by atoms with van der Waals surface area (Å²) in [4.78, 5) is 12.0. The number of amides is 1. The van der Waals surface area contributed by atoms with E-state index in [9.17, 15) is 9.18 Å². The number of nitrogens with one attached hydrogen (secondary N) is 2. The van der Waals surface area contributed by atoms with E-state index in [-0.39, 0.29) is 30.3 Å². The van der Waals surface area contributed by atoms with E-state index in [0.29, 0.717) is 10.8 Å². The molecule has 2 rings (SSSR count). The van der Waals surface area contributed by atoms with Crippen LogP contribution in [0.5, 0.6) is 5.75 Å². The van der Waals surface area contributed by atoms with E-state index in [1.807, 2.05) is 32.9 Å². The molecule has 0 radical (unpaired) electrons. The molecule has 2 N–H and O–H groups in total. The van der Waals surface area contributed by atoms with Crippen molar-refractivity contribution in [3.05, 3.63) is 58.9 Å². The van der Waals surface area contributed by atoms with Gasteiger partial charge in [-0.3, -0.25) is 4.79 Å². The Morgan fingerprint density at radius 3 is 2.44 bits per heavy atom. The van der Waals surface area contributed by atoms with Crippen molar-refractivity contribution in [3.63, 3.8) is 0 Å². The van der Waals surface area contributed by atoms with Crippen LogP contribution in [0.3, 0.4) is 0 Å². The van der Waals surface area contributed by atoms with Crippen LogP contribution in [0.4, 0.5) is 10.1 Å². The molecule has 134 valence electrons. The second-order valence-electron chi connectivity index (χ2n) is 6.00. The van der Waals surface area contributed by atoms with E-state index in [2.05, 4.69) is 10.6 Å². The Balaban J connectivity index is 1.88. The lowest BCUT2D eigenvalue weighted by atomic mass is 10.1. The summed E-state index contributed by atoms with van der Waals surface area (Å²) in [7, 11) is 0. The Kier molecular flexibility index (Phi) is 6.65. The molecule has 4 nitrogen and oxygen atoms in total. The topological polar surface area (TPSA) is 50.4 Å². The highest BCUT2D eigenvalue weighted by Crippen LogP contribution is 2.21. The molecule has 0 heterocycles. The van der Waals surface area contributed by atoms with E-state index >= 15 is 0 Å². The van der Waals surface area contributed by atoms with Gasteiger partial charge in [-0.1, -0.05) is 23.7 Å². The monoisotopic (exact) mass is 364 g/mol. The van der Waals surface area contributed by atoms with Crippen LogP contribution in [-0.2, 0) is 4.79 Å². The summed E-state index contributed by atoms with van der Waals surface area (Å²) < 4.78 is 19.5. The first-order chi connectivity index (χ1) is 11.8. The summed E-state index contributed by atoms with van der Waals surface area (Å²) in [6, 6.07) is 11.6. The third-order valence-electron chi connectivity index (χ3n) is 3.50. The van der Waals surface area contributed by atoms with Gasteiger partial charge in [0, 0.05) is 11.1 Å². The van der Waals surface area contributed by atoms with Gasteiger partial charge in [-0.15, -0.1) is 0 Å². The molecule has 0 saturated heterocycles. The first-order valence-electron chi connectivity index (χ1n) is 8.10. The van der Waals surface area contributed by atoms with Crippen LogP contribution >= 0.6 is 11.6 Å². The van der Waals surface area contributed by atoms with E-state index in [1.165, 1.54) is 6.07 Å². The average molecular weight is 365 g/mol. The van der Waals surface area contributed by atoms with Crippen LogP contribution in [-0.4, -0.2) is 18.6 Å². The zero-order valence-corrected chi connectivity index (χ0v) is 15.2. The standard InChI is InChI=1S/C19H22ClFN2O2/c1-12(2)25-16-8-9-18(17(21)10-16)22-11-19(24)23-13(3)14-4-6-15(20)7-5-14/h4-10,12-13,22H,11H2,1-3H3,(H,23,24). The van der Waals surface area contributed by atoms with Gasteiger partial charge in [-0.05, 0) is 50.6 Å². The van der Waals surface area contributed by atoms with E-state index in [4.69, 9.17) is 16.3 Å². The molecule has 0 saturated carbocycles. The number of carbonyl (C=O) groups is 1. The molecular formula is C19H22ClFN2O2. The Morgan fingerprint density at radius 1 is 1.16 bits per heavy atom. The van der Waals surface area contributed by atoms with Gasteiger partial charge in [0.2, 0.25) is 5.91 Å². The summed E-state index contributed by atoms with van der Waals surface area (Å²) in [5.74, 6) is -0.236. The molecule has 1 amide bonds. The van der Waals surface area contributed by atoms with Gasteiger partial charge in [0.1, 0.15) is 11.6 Å². The minimum Gasteiger partial charge on any atom is -0.491 e. The maximum atomic E-state index is 14.0. The zero-order valence-electron chi connectivity index (χ0n) is 14.5.